The van der Waals surface area contributed by atoms with Gasteiger partial charge in [0.2, 0.25) is 0 Å². The van der Waals surface area contributed by atoms with Gasteiger partial charge in [0.25, 0.3) is 0 Å². The second kappa shape index (κ2) is 6.74. The number of nitrogens with one attached hydrogen (secondary N) is 1. The zero-order valence-electron chi connectivity index (χ0n) is 12.9. The Morgan fingerprint density at radius 1 is 1.25 bits per heavy atom. The topological polar surface area (TPSA) is 75.2 Å². The maximum absolute atomic E-state index is 11.7. The van der Waals surface area contributed by atoms with Gasteiger partial charge in [0.1, 0.15) is 18.0 Å². The molecule has 3 rings (SSSR count). The number of aromatic nitrogens is 2. The van der Waals surface area contributed by atoms with E-state index in [9.17, 15) is 8.42 Å². The lowest BCUT2D eigenvalue weighted by Crippen LogP contribution is -2.33. The summed E-state index contributed by atoms with van der Waals surface area (Å²) in [5.41, 5.74) is 0.566. The van der Waals surface area contributed by atoms with E-state index >= 15 is 0 Å². The first kappa shape index (κ1) is 17.3. The molecule has 24 heavy (non-hydrogen) atoms. The first-order valence-electron chi connectivity index (χ1n) is 7.32. The first-order valence-corrected chi connectivity index (χ1v) is 9.90. The van der Waals surface area contributed by atoms with E-state index in [1.807, 2.05) is 11.9 Å². The van der Waals surface area contributed by atoms with Crippen molar-refractivity contribution in [1.82, 2.24) is 9.97 Å². The Labute approximate surface area is 150 Å². The summed E-state index contributed by atoms with van der Waals surface area (Å²) in [7, 11) is -1.12. The van der Waals surface area contributed by atoms with Crippen LogP contribution in [-0.2, 0) is 9.84 Å². The van der Waals surface area contributed by atoms with Gasteiger partial charge in [0, 0.05) is 19.2 Å². The number of hydrogen-bond donors (Lipinski definition) is 1. The molecule has 0 amide bonds. The van der Waals surface area contributed by atoms with Crippen LogP contribution in [0.25, 0.3) is 0 Å². The molecule has 1 aromatic carbocycles. The zero-order chi connectivity index (χ0) is 17.3. The monoisotopic (exact) mass is 386 g/mol. The fourth-order valence-corrected chi connectivity index (χ4v) is 4.89. The molecule has 2 aromatic rings. The van der Waals surface area contributed by atoms with E-state index in [1.165, 1.54) is 6.33 Å². The van der Waals surface area contributed by atoms with Gasteiger partial charge in [-0.05, 0) is 18.6 Å². The third kappa shape index (κ3) is 3.74. The molecule has 1 aliphatic rings. The SMILES string of the molecule is CN(c1cc(Nc2c(Cl)cccc2Cl)ncn1)C1CCS(=O)(=O)C1. The number of benzene rings is 1. The summed E-state index contributed by atoms with van der Waals surface area (Å²) < 4.78 is 23.3. The van der Waals surface area contributed by atoms with Crippen LogP contribution in [0.5, 0.6) is 0 Å². The molecular formula is C15H16Cl2N4O2S. The van der Waals surface area contributed by atoms with Crippen molar-refractivity contribution in [3.8, 4) is 0 Å². The predicted molar refractivity (Wildman–Crippen MR) is 97.2 cm³/mol. The average Bonchev–Trinajstić information content (AvgIpc) is 2.91. The number of para-hydroxylation sites is 1. The first-order chi connectivity index (χ1) is 11.4. The molecule has 0 bridgehead atoms. The minimum Gasteiger partial charge on any atom is -0.355 e. The summed E-state index contributed by atoms with van der Waals surface area (Å²) in [6, 6.07) is 6.88. The maximum atomic E-state index is 11.7. The normalized spacial score (nSPS) is 19.2. The molecule has 0 aliphatic carbocycles. The van der Waals surface area contributed by atoms with Crippen LogP contribution < -0.4 is 10.2 Å². The molecule has 128 valence electrons. The molecular weight excluding hydrogens is 371 g/mol. The third-order valence-corrected chi connectivity index (χ3v) is 6.37. The molecule has 1 N–H and O–H groups in total. The van der Waals surface area contributed by atoms with Crippen molar-refractivity contribution in [2.24, 2.45) is 0 Å². The summed E-state index contributed by atoms with van der Waals surface area (Å²) in [6.07, 6.45) is 2.02. The number of hydrogen-bond acceptors (Lipinski definition) is 6. The van der Waals surface area contributed by atoms with E-state index < -0.39 is 9.84 Å². The summed E-state index contributed by atoms with van der Waals surface area (Å²) in [5, 5.41) is 4.05. The highest BCUT2D eigenvalue weighted by Crippen LogP contribution is 2.32. The smallest absolute Gasteiger partial charge is 0.152 e. The van der Waals surface area contributed by atoms with Crippen molar-refractivity contribution >= 4 is 50.4 Å². The van der Waals surface area contributed by atoms with Gasteiger partial charge in [0.05, 0.1) is 27.2 Å². The van der Waals surface area contributed by atoms with Gasteiger partial charge in [-0.2, -0.15) is 0 Å². The highest BCUT2D eigenvalue weighted by Gasteiger charge is 2.31. The van der Waals surface area contributed by atoms with E-state index in [1.54, 1.807) is 24.3 Å². The molecule has 1 aliphatic heterocycles. The number of anilines is 3. The molecule has 0 spiro atoms. The Morgan fingerprint density at radius 2 is 1.96 bits per heavy atom. The second-order valence-corrected chi connectivity index (χ2v) is 8.69. The number of rotatable bonds is 4. The molecule has 9 heteroatoms. The molecule has 6 nitrogen and oxygen atoms in total. The van der Waals surface area contributed by atoms with Crippen LogP contribution in [0, 0.1) is 0 Å². The van der Waals surface area contributed by atoms with Gasteiger partial charge >= 0.3 is 0 Å². The summed E-state index contributed by atoms with van der Waals surface area (Å²) in [5.74, 6) is 1.53. The highest BCUT2D eigenvalue weighted by atomic mass is 35.5. The van der Waals surface area contributed by atoms with Crippen LogP contribution in [0.3, 0.4) is 0 Å². The van der Waals surface area contributed by atoms with Crippen molar-refractivity contribution in [1.29, 1.82) is 0 Å². The van der Waals surface area contributed by atoms with Crippen molar-refractivity contribution < 1.29 is 8.42 Å². The molecule has 0 saturated carbocycles. The molecule has 1 unspecified atom stereocenters. The zero-order valence-corrected chi connectivity index (χ0v) is 15.2. The van der Waals surface area contributed by atoms with Gasteiger partial charge in [-0.1, -0.05) is 29.3 Å². The van der Waals surface area contributed by atoms with Crippen LogP contribution in [-0.4, -0.2) is 43.0 Å². The van der Waals surface area contributed by atoms with Crippen LogP contribution >= 0.6 is 23.2 Å². The van der Waals surface area contributed by atoms with Gasteiger partial charge < -0.3 is 10.2 Å². The van der Waals surface area contributed by atoms with Crippen LogP contribution in [0.15, 0.2) is 30.6 Å². The maximum Gasteiger partial charge on any atom is 0.152 e. The second-order valence-electron chi connectivity index (χ2n) is 5.65. The van der Waals surface area contributed by atoms with E-state index in [4.69, 9.17) is 23.2 Å². The molecule has 1 aromatic heterocycles. The Balaban J connectivity index is 1.82. The Morgan fingerprint density at radius 3 is 2.58 bits per heavy atom. The quantitative estimate of drug-likeness (QED) is 0.869. The molecule has 1 saturated heterocycles. The molecule has 1 atom stereocenters. The number of sulfone groups is 1. The van der Waals surface area contributed by atoms with Crippen LogP contribution in [0.2, 0.25) is 10.0 Å². The Bertz CT molecular complexity index is 840. The molecule has 1 fully saturated rings. The molecule has 2 heterocycles. The van der Waals surface area contributed by atoms with Crippen molar-refractivity contribution in [3.63, 3.8) is 0 Å². The minimum absolute atomic E-state index is 0.0818. The Hall–Kier alpha value is -1.57. The highest BCUT2D eigenvalue weighted by molar-refractivity contribution is 7.91. The van der Waals surface area contributed by atoms with Crippen LogP contribution in [0.1, 0.15) is 6.42 Å². The number of halogens is 2. The summed E-state index contributed by atoms with van der Waals surface area (Å²) in [6.45, 7) is 0. The standard InChI is InChI=1S/C15H16Cl2N4O2S/c1-21(10-5-6-24(22,23)8-10)14-7-13(18-9-19-14)20-15-11(16)3-2-4-12(15)17/h2-4,7,9-10H,5-6,8H2,1H3,(H,18,19,20). The Kier molecular flexibility index (Phi) is 4.85. The van der Waals surface area contributed by atoms with Gasteiger partial charge in [-0.25, -0.2) is 18.4 Å². The van der Waals surface area contributed by atoms with Crippen molar-refractivity contribution in [3.05, 3.63) is 40.6 Å². The lowest BCUT2D eigenvalue weighted by molar-refractivity contribution is 0.600. The van der Waals surface area contributed by atoms with Crippen molar-refractivity contribution in [2.75, 3.05) is 28.8 Å². The third-order valence-electron chi connectivity index (χ3n) is 3.99. The van der Waals surface area contributed by atoms with E-state index in [2.05, 4.69) is 15.3 Å². The van der Waals surface area contributed by atoms with E-state index in [-0.39, 0.29) is 17.5 Å². The fraction of sp³-hybridized carbons (Fsp3) is 0.333. The fourth-order valence-electron chi connectivity index (χ4n) is 2.62. The lowest BCUT2D eigenvalue weighted by atomic mass is 10.2. The van der Waals surface area contributed by atoms with Gasteiger partial charge in [-0.3, -0.25) is 0 Å². The number of nitrogens with zero attached hydrogens (tertiary/aromatic N) is 3. The largest absolute Gasteiger partial charge is 0.355 e. The predicted octanol–water partition coefficient (Wildman–Crippen LogP) is 3.15. The van der Waals surface area contributed by atoms with Crippen LogP contribution in [0.4, 0.5) is 17.3 Å². The average molecular weight is 387 g/mol. The van der Waals surface area contributed by atoms with E-state index in [0.29, 0.717) is 33.8 Å². The molecule has 0 radical (unpaired) electrons. The summed E-state index contributed by atoms with van der Waals surface area (Å²) in [4.78, 5) is 10.3. The van der Waals surface area contributed by atoms with Crippen molar-refractivity contribution in [2.45, 2.75) is 12.5 Å². The minimum atomic E-state index is -2.95. The van der Waals surface area contributed by atoms with Gasteiger partial charge in [-0.15, -0.1) is 0 Å². The van der Waals surface area contributed by atoms with E-state index in [0.717, 1.165) is 0 Å². The lowest BCUT2D eigenvalue weighted by Gasteiger charge is -2.24. The summed E-state index contributed by atoms with van der Waals surface area (Å²) >= 11 is 12.3. The van der Waals surface area contributed by atoms with Gasteiger partial charge in [0.15, 0.2) is 9.84 Å².